The average Bonchev–Trinajstić information content (AvgIpc) is 3.05. The molecule has 1 N–H and O–H groups in total. The van der Waals surface area contributed by atoms with E-state index in [1.807, 2.05) is 31.3 Å². The van der Waals surface area contributed by atoms with Crippen LogP contribution < -0.4 is 4.74 Å². The Kier molecular flexibility index (Phi) is 2.60. The first kappa shape index (κ1) is 11.1. The highest BCUT2D eigenvalue weighted by Crippen LogP contribution is 2.33. The van der Waals surface area contributed by atoms with Gasteiger partial charge in [0.15, 0.2) is 0 Å². The van der Waals surface area contributed by atoms with Crippen LogP contribution in [0.4, 0.5) is 0 Å². The molecule has 1 aromatic carbocycles. The van der Waals surface area contributed by atoms with E-state index in [1.54, 1.807) is 0 Å². The third-order valence-electron chi connectivity index (χ3n) is 3.66. The first-order chi connectivity index (χ1) is 8.16. The van der Waals surface area contributed by atoms with E-state index < -0.39 is 5.60 Å². The van der Waals surface area contributed by atoms with Crippen LogP contribution in [0.1, 0.15) is 24.8 Å². The van der Waals surface area contributed by atoms with Gasteiger partial charge in [0.1, 0.15) is 11.4 Å². The fraction of sp³-hybridized carbons (Fsp3) is 0.571. The van der Waals surface area contributed by atoms with Gasteiger partial charge < -0.3 is 14.7 Å². The van der Waals surface area contributed by atoms with E-state index in [4.69, 9.17) is 4.74 Å². The standard InChI is InChI=1S/C14H19NO2/c1-15-9-8-14(16,10-15)11-2-4-12(5-3-11)17-13-6-7-13/h2-5,13,16H,6-10H2,1H3. The summed E-state index contributed by atoms with van der Waals surface area (Å²) in [7, 11) is 2.04. The maximum absolute atomic E-state index is 10.5. The molecule has 0 amide bonds. The summed E-state index contributed by atoms with van der Waals surface area (Å²) >= 11 is 0. The molecule has 1 saturated carbocycles. The number of rotatable bonds is 3. The molecule has 0 aromatic heterocycles. The Balaban J connectivity index is 1.74. The summed E-state index contributed by atoms with van der Waals surface area (Å²) in [5.41, 5.74) is 0.331. The van der Waals surface area contributed by atoms with E-state index in [-0.39, 0.29) is 0 Å². The van der Waals surface area contributed by atoms with E-state index in [2.05, 4.69) is 4.90 Å². The van der Waals surface area contributed by atoms with Crippen LogP contribution in [-0.4, -0.2) is 36.2 Å². The van der Waals surface area contributed by atoms with Crippen molar-refractivity contribution < 1.29 is 9.84 Å². The van der Waals surface area contributed by atoms with Gasteiger partial charge >= 0.3 is 0 Å². The second kappa shape index (κ2) is 4.00. The monoisotopic (exact) mass is 233 g/mol. The van der Waals surface area contributed by atoms with Crippen molar-refractivity contribution in [2.45, 2.75) is 31.0 Å². The molecule has 1 aromatic rings. The van der Waals surface area contributed by atoms with Crippen molar-refractivity contribution in [2.75, 3.05) is 20.1 Å². The second-order valence-electron chi connectivity index (χ2n) is 5.36. The Morgan fingerprint density at radius 2 is 2.00 bits per heavy atom. The molecular weight excluding hydrogens is 214 g/mol. The fourth-order valence-corrected chi connectivity index (χ4v) is 2.44. The molecule has 0 bridgehead atoms. The fourth-order valence-electron chi connectivity index (χ4n) is 2.44. The average molecular weight is 233 g/mol. The van der Waals surface area contributed by atoms with Crippen molar-refractivity contribution in [3.05, 3.63) is 29.8 Å². The molecule has 1 unspecified atom stereocenters. The van der Waals surface area contributed by atoms with Gasteiger partial charge in [-0.2, -0.15) is 0 Å². The minimum absolute atomic E-state index is 0.432. The van der Waals surface area contributed by atoms with Gasteiger partial charge in [0.05, 0.1) is 6.10 Å². The Labute approximate surface area is 102 Å². The lowest BCUT2D eigenvalue weighted by Gasteiger charge is -2.23. The van der Waals surface area contributed by atoms with Crippen molar-refractivity contribution in [2.24, 2.45) is 0 Å². The first-order valence-corrected chi connectivity index (χ1v) is 6.34. The number of hydrogen-bond acceptors (Lipinski definition) is 3. The molecule has 1 aliphatic heterocycles. The third-order valence-corrected chi connectivity index (χ3v) is 3.66. The third kappa shape index (κ3) is 2.31. The van der Waals surface area contributed by atoms with Gasteiger partial charge in [-0.1, -0.05) is 12.1 Å². The lowest BCUT2D eigenvalue weighted by Crippen LogP contribution is -2.29. The molecular formula is C14H19NO2. The number of hydrogen-bond donors (Lipinski definition) is 1. The zero-order valence-electron chi connectivity index (χ0n) is 10.2. The van der Waals surface area contributed by atoms with Gasteiger partial charge in [0, 0.05) is 13.1 Å². The summed E-state index contributed by atoms with van der Waals surface area (Å²) < 4.78 is 5.70. The van der Waals surface area contributed by atoms with Crippen LogP contribution in [0.15, 0.2) is 24.3 Å². The molecule has 3 rings (SSSR count). The van der Waals surface area contributed by atoms with Crippen LogP contribution in [0.5, 0.6) is 5.75 Å². The van der Waals surface area contributed by atoms with Crippen molar-refractivity contribution in [1.29, 1.82) is 0 Å². The van der Waals surface area contributed by atoms with Crippen LogP contribution in [0, 0.1) is 0 Å². The number of nitrogens with zero attached hydrogens (tertiary/aromatic N) is 1. The van der Waals surface area contributed by atoms with Crippen LogP contribution in [0.2, 0.25) is 0 Å². The summed E-state index contributed by atoms with van der Waals surface area (Å²) in [6.07, 6.45) is 3.60. The highest BCUT2D eigenvalue weighted by Gasteiger charge is 2.36. The molecule has 0 radical (unpaired) electrons. The Hall–Kier alpha value is -1.06. The van der Waals surface area contributed by atoms with E-state index >= 15 is 0 Å². The first-order valence-electron chi connectivity index (χ1n) is 6.34. The summed E-state index contributed by atoms with van der Waals surface area (Å²) in [5.74, 6) is 0.922. The maximum atomic E-state index is 10.5. The van der Waals surface area contributed by atoms with Crippen LogP contribution in [0.3, 0.4) is 0 Å². The Morgan fingerprint density at radius 3 is 2.53 bits per heavy atom. The minimum Gasteiger partial charge on any atom is -0.490 e. The van der Waals surface area contributed by atoms with E-state index in [1.165, 1.54) is 12.8 Å². The quantitative estimate of drug-likeness (QED) is 0.863. The molecule has 3 heteroatoms. The number of ether oxygens (including phenoxy) is 1. The summed E-state index contributed by atoms with van der Waals surface area (Å²) in [6.45, 7) is 1.67. The maximum Gasteiger partial charge on any atom is 0.119 e. The predicted octanol–water partition coefficient (Wildman–Crippen LogP) is 1.75. The van der Waals surface area contributed by atoms with Gasteiger partial charge in [-0.15, -0.1) is 0 Å². The molecule has 3 nitrogen and oxygen atoms in total. The van der Waals surface area contributed by atoms with Crippen LogP contribution >= 0.6 is 0 Å². The second-order valence-corrected chi connectivity index (χ2v) is 5.36. The molecule has 2 fully saturated rings. The van der Waals surface area contributed by atoms with Crippen molar-refractivity contribution in [3.8, 4) is 5.75 Å². The summed E-state index contributed by atoms with van der Waals surface area (Å²) in [6, 6.07) is 7.95. The van der Waals surface area contributed by atoms with Crippen molar-refractivity contribution in [1.82, 2.24) is 4.90 Å². The molecule has 1 saturated heterocycles. The van der Waals surface area contributed by atoms with Crippen LogP contribution in [-0.2, 0) is 5.60 Å². The number of benzene rings is 1. The predicted molar refractivity (Wildman–Crippen MR) is 66.1 cm³/mol. The molecule has 17 heavy (non-hydrogen) atoms. The molecule has 92 valence electrons. The minimum atomic E-state index is -0.674. The molecule has 1 atom stereocenters. The normalized spacial score (nSPS) is 29.5. The van der Waals surface area contributed by atoms with Crippen LogP contribution in [0.25, 0.3) is 0 Å². The van der Waals surface area contributed by atoms with Gasteiger partial charge in [0.2, 0.25) is 0 Å². The summed E-state index contributed by atoms with van der Waals surface area (Å²) in [4.78, 5) is 2.16. The Morgan fingerprint density at radius 1 is 1.29 bits per heavy atom. The van der Waals surface area contributed by atoms with E-state index in [0.29, 0.717) is 6.10 Å². The van der Waals surface area contributed by atoms with E-state index in [9.17, 15) is 5.11 Å². The smallest absolute Gasteiger partial charge is 0.119 e. The molecule has 1 aliphatic carbocycles. The molecule has 2 aliphatic rings. The lowest BCUT2D eigenvalue weighted by atomic mass is 9.93. The zero-order valence-corrected chi connectivity index (χ0v) is 10.2. The van der Waals surface area contributed by atoms with Crippen molar-refractivity contribution >= 4 is 0 Å². The van der Waals surface area contributed by atoms with Gasteiger partial charge in [-0.3, -0.25) is 0 Å². The number of likely N-dealkylation sites (tertiary alicyclic amines) is 1. The largest absolute Gasteiger partial charge is 0.490 e. The highest BCUT2D eigenvalue weighted by molar-refractivity contribution is 5.32. The zero-order chi connectivity index (χ0) is 11.9. The van der Waals surface area contributed by atoms with E-state index in [0.717, 1.165) is 30.8 Å². The van der Waals surface area contributed by atoms with Crippen molar-refractivity contribution in [3.63, 3.8) is 0 Å². The summed E-state index contributed by atoms with van der Waals surface area (Å²) in [5, 5.41) is 10.5. The highest BCUT2D eigenvalue weighted by atomic mass is 16.5. The lowest BCUT2D eigenvalue weighted by molar-refractivity contribution is 0.0488. The Bertz CT molecular complexity index is 399. The molecule has 0 spiro atoms. The number of β-amino-alcohol motifs (C(OH)–C–C–N with tert-alkyl or cyclic N) is 1. The molecule has 1 heterocycles. The van der Waals surface area contributed by atoms with Gasteiger partial charge in [-0.05, 0) is 44.0 Å². The SMILES string of the molecule is CN1CCC(O)(c2ccc(OC3CC3)cc2)C1. The number of aliphatic hydroxyl groups is 1. The van der Waals surface area contributed by atoms with Gasteiger partial charge in [-0.25, -0.2) is 0 Å². The number of likely N-dealkylation sites (N-methyl/N-ethyl adjacent to an activating group) is 1. The van der Waals surface area contributed by atoms with Gasteiger partial charge in [0.25, 0.3) is 0 Å². The topological polar surface area (TPSA) is 32.7 Å².